The molecule has 0 aliphatic heterocycles. The number of hydrogen-bond acceptors (Lipinski definition) is 3. The zero-order valence-corrected chi connectivity index (χ0v) is 17.7. The van der Waals surface area contributed by atoms with Crippen molar-refractivity contribution >= 4 is 39.2 Å². The van der Waals surface area contributed by atoms with E-state index < -0.39 is 0 Å². The topological polar surface area (TPSA) is 45.0 Å². The van der Waals surface area contributed by atoms with E-state index in [1.807, 2.05) is 97.2 Å². The van der Waals surface area contributed by atoms with Crippen molar-refractivity contribution in [2.24, 2.45) is 9.98 Å². The van der Waals surface area contributed by atoms with Gasteiger partial charge in [0.15, 0.2) is 0 Å². The van der Waals surface area contributed by atoms with Crippen molar-refractivity contribution in [3.8, 4) is 5.75 Å². The molecular formula is C26H19BrN2O. The fourth-order valence-electron chi connectivity index (χ4n) is 3.05. The van der Waals surface area contributed by atoms with Gasteiger partial charge in [0.05, 0.1) is 17.1 Å². The van der Waals surface area contributed by atoms with Crippen molar-refractivity contribution in [1.82, 2.24) is 0 Å². The number of aliphatic imine (C=N–C) groups is 2. The SMILES string of the molecule is Oc1ccc(Br)cc1C(=Nc1ccccc1N=Cc1ccccc1)c1ccccc1. The molecule has 0 spiro atoms. The summed E-state index contributed by atoms with van der Waals surface area (Å²) in [6.07, 6.45) is 1.83. The van der Waals surface area contributed by atoms with Gasteiger partial charge in [-0.25, -0.2) is 4.99 Å². The Labute approximate surface area is 184 Å². The lowest BCUT2D eigenvalue weighted by Crippen LogP contribution is -2.03. The highest BCUT2D eigenvalue weighted by atomic mass is 79.9. The Hall–Kier alpha value is -3.50. The fraction of sp³-hybridized carbons (Fsp3) is 0. The first kappa shape index (κ1) is 19.8. The largest absolute Gasteiger partial charge is 0.507 e. The molecule has 0 fully saturated rings. The molecule has 0 aliphatic rings. The van der Waals surface area contributed by atoms with Crippen LogP contribution in [0.3, 0.4) is 0 Å². The second-order valence-electron chi connectivity index (χ2n) is 6.65. The highest BCUT2D eigenvalue weighted by Gasteiger charge is 2.13. The summed E-state index contributed by atoms with van der Waals surface area (Å²) in [4.78, 5) is 9.59. The molecule has 30 heavy (non-hydrogen) atoms. The number of hydrogen-bond donors (Lipinski definition) is 1. The molecule has 0 amide bonds. The summed E-state index contributed by atoms with van der Waals surface area (Å²) in [5.41, 5.74) is 4.73. The van der Waals surface area contributed by atoms with Gasteiger partial charge in [-0.3, -0.25) is 4.99 Å². The molecule has 0 atom stereocenters. The Balaban J connectivity index is 1.84. The van der Waals surface area contributed by atoms with Crippen LogP contribution in [0, 0.1) is 0 Å². The molecule has 4 aromatic carbocycles. The van der Waals surface area contributed by atoms with E-state index in [-0.39, 0.29) is 5.75 Å². The summed E-state index contributed by atoms with van der Waals surface area (Å²) in [5, 5.41) is 10.5. The summed E-state index contributed by atoms with van der Waals surface area (Å²) in [7, 11) is 0. The van der Waals surface area contributed by atoms with Crippen LogP contribution in [0.2, 0.25) is 0 Å². The molecule has 0 saturated carbocycles. The lowest BCUT2D eigenvalue weighted by Gasteiger charge is -2.11. The monoisotopic (exact) mass is 454 g/mol. The Morgan fingerprint density at radius 1 is 0.733 bits per heavy atom. The molecule has 0 unspecified atom stereocenters. The lowest BCUT2D eigenvalue weighted by atomic mass is 10.0. The number of benzene rings is 4. The van der Waals surface area contributed by atoms with Crippen molar-refractivity contribution < 1.29 is 5.11 Å². The quantitative estimate of drug-likeness (QED) is 0.321. The van der Waals surface area contributed by atoms with Gasteiger partial charge in [-0.05, 0) is 35.9 Å². The standard InChI is InChI=1S/C26H19BrN2O/c27-21-15-16-25(30)22(17-21)26(20-11-5-2-6-12-20)29-24-14-8-7-13-23(24)28-18-19-9-3-1-4-10-19/h1-18,30H. The number of para-hydroxylation sites is 2. The van der Waals surface area contributed by atoms with Gasteiger partial charge in [0.25, 0.3) is 0 Å². The molecule has 0 aliphatic carbocycles. The zero-order valence-electron chi connectivity index (χ0n) is 16.1. The minimum absolute atomic E-state index is 0.172. The second-order valence-corrected chi connectivity index (χ2v) is 7.56. The Kier molecular flexibility index (Phi) is 6.16. The summed E-state index contributed by atoms with van der Waals surface area (Å²) in [6.45, 7) is 0. The predicted molar refractivity (Wildman–Crippen MR) is 128 cm³/mol. The van der Waals surface area contributed by atoms with Gasteiger partial charge in [-0.2, -0.15) is 0 Å². The van der Waals surface area contributed by atoms with E-state index in [1.165, 1.54) is 0 Å². The molecule has 0 bridgehead atoms. The number of halogens is 1. The minimum Gasteiger partial charge on any atom is -0.507 e. The van der Waals surface area contributed by atoms with Gasteiger partial charge in [-0.15, -0.1) is 0 Å². The van der Waals surface area contributed by atoms with Crippen LogP contribution in [0.1, 0.15) is 16.7 Å². The van der Waals surface area contributed by atoms with Crippen LogP contribution in [0.25, 0.3) is 0 Å². The van der Waals surface area contributed by atoms with Crippen LogP contribution in [-0.4, -0.2) is 17.0 Å². The lowest BCUT2D eigenvalue weighted by molar-refractivity contribution is 0.474. The van der Waals surface area contributed by atoms with Crippen LogP contribution >= 0.6 is 15.9 Å². The molecule has 1 N–H and O–H groups in total. The summed E-state index contributed by atoms with van der Waals surface area (Å²) < 4.78 is 0.870. The number of rotatable bonds is 5. The molecule has 0 heterocycles. The average molecular weight is 455 g/mol. The maximum absolute atomic E-state index is 10.5. The van der Waals surface area contributed by atoms with E-state index in [0.29, 0.717) is 11.3 Å². The first-order valence-corrected chi connectivity index (χ1v) is 10.3. The van der Waals surface area contributed by atoms with E-state index in [4.69, 9.17) is 4.99 Å². The van der Waals surface area contributed by atoms with E-state index in [0.717, 1.165) is 27.0 Å². The maximum atomic E-state index is 10.5. The average Bonchev–Trinajstić information content (AvgIpc) is 2.80. The van der Waals surface area contributed by atoms with E-state index in [1.54, 1.807) is 12.1 Å². The highest BCUT2D eigenvalue weighted by Crippen LogP contribution is 2.31. The van der Waals surface area contributed by atoms with Crippen LogP contribution in [0.4, 0.5) is 11.4 Å². The Morgan fingerprint density at radius 2 is 1.37 bits per heavy atom. The fourth-order valence-corrected chi connectivity index (χ4v) is 3.41. The predicted octanol–water partition coefficient (Wildman–Crippen LogP) is 7.07. The Morgan fingerprint density at radius 3 is 2.10 bits per heavy atom. The number of aromatic hydroxyl groups is 1. The number of phenolic OH excluding ortho intramolecular Hbond substituents is 1. The molecule has 0 radical (unpaired) electrons. The van der Waals surface area contributed by atoms with Gasteiger partial charge in [-0.1, -0.05) is 88.7 Å². The third-order valence-electron chi connectivity index (χ3n) is 4.53. The molecule has 3 nitrogen and oxygen atoms in total. The maximum Gasteiger partial charge on any atom is 0.125 e. The van der Waals surface area contributed by atoms with Crippen molar-refractivity contribution in [3.05, 3.63) is 124 Å². The van der Waals surface area contributed by atoms with Gasteiger partial charge in [0.1, 0.15) is 5.75 Å². The van der Waals surface area contributed by atoms with Gasteiger partial charge in [0.2, 0.25) is 0 Å². The van der Waals surface area contributed by atoms with E-state index in [9.17, 15) is 5.11 Å². The number of phenols is 1. The van der Waals surface area contributed by atoms with Gasteiger partial charge < -0.3 is 5.11 Å². The third-order valence-corrected chi connectivity index (χ3v) is 5.02. The van der Waals surface area contributed by atoms with Crippen molar-refractivity contribution in [2.45, 2.75) is 0 Å². The van der Waals surface area contributed by atoms with Crippen LogP contribution in [-0.2, 0) is 0 Å². The first-order chi connectivity index (χ1) is 14.7. The van der Waals surface area contributed by atoms with Gasteiger partial charge >= 0.3 is 0 Å². The third kappa shape index (κ3) is 4.73. The summed E-state index contributed by atoms with van der Waals surface area (Å²) in [5.74, 6) is 0.172. The number of nitrogens with zero attached hydrogens (tertiary/aromatic N) is 2. The van der Waals surface area contributed by atoms with Crippen LogP contribution in [0.5, 0.6) is 5.75 Å². The zero-order chi connectivity index (χ0) is 20.8. The molecule has 0 saturated heterocycles. The minimum atomic E-state index is 0.172. The van der Waals surface area contributed by atoms with Crippen molar-refractivity contribution in [1.29, 1.82) is 0 Å². The molecule has 4 heteroatoms. The van der Waals surface area contributed by atoms with E-state index in [2.05, 4.69) is 20.9 Å². The molecule has 4 aromatic rings. The van der Waals surface area contributed by atoms with Crippen molar-refractivity contribution in [2.75, 3.05) is 0 Å². The summed E-state index contributed by atoms with van der Waals surface area (Å²) in [6, 6.07) is 32.9. The molecule has 0 aromatic heterocycles. The first-order valence-electron chi connectivity index (χ1n) is 9.52. The smallest absolute Gasteiger partial charge is 0.125 e. The van der Waals surface area contributed by atoms with E-state index >= 15 is 0 Å². The molecule has 4 rings (SSSR count). The second kappa shape index (κ2) is 9.33. The van der Waals surface area contributed by atoms with Crippen molar-refractivity contribution in [3.63, 3.8) is 0 Å². The van der Waals surface area contributed by atoms with Crippen LogP contribution in [0.15, 0.2) is 118 Å². The van der Waals surface area contributed by atoms with Gasteiger partial charge in [0, 0.05) is 21.8 Å². The summed E-state index contributed by atoms with van der Waals surface area (Å²) >= 11 is 3.50. The van der Waals surface area contributed by atoms with Crippen LogP contribution < -0.4 is 0 Å². The Bertz CT molecular complexity index is 1200. The molecule has 146 valence electrons. The normalized spacial score (nSPS) is 11.7. The highest BCUT2D eigenvalue weighted by molar-refractivity contribution is 9.10. The molecular weight excluding hydrogens is 436 g/mol.